The number of hydrogen-bond acceptors (Lipinski definition) is 4. The molecule has 2 heterocycles. The predicted octanol–water partition coefficient (Wildman–Crippen LogP) is 4.46. The lowest BCUT2D eigenvalue weighted by Crippen LogP contribution is -2.11. The minimum atomic E-state index is -0.341. The Bertz CT molecular complexity index is 864. The molecule has 0 aliphatic heterocycles. The van der Waals surface area contributed by atoms with E-state index in [0.717, 1.165) is 16.8 Å². The van der Waals surface area contributed by atoms with Gasteiger partial charge in [0.2, 0.25) is 0 Å². The topological polar surface area (TPSA) is 71.3 Å². The van der Waals surface area contributed by atoms with Crippen LogP contribution < -0.4 is 10.6 Å². The molecule has 0 atom stereocenters. The third-order valence-corrected chi connectivity index (χ3v) is 4.57. The third kappa shape index (κ3) is 3.55. The number of aryl methyl sites for hydroxylation is 2. The summed E-state index contributed by atoms with van der Waals surface area (Å²) in [5.74, 6) is -0.307. The van der Waals surface area contributed by atoms with Gasteiger partial charge in [-0.25, -0.2) is 0 Å². The quantitative estimate of drug-likeness (QED) is 0.736. The molecule has 2 amide bonds. The molecular weight excluding hydrogens is 324 g/mol. The summed E-state index contributed by atoms with van der Waals surface area (Å²) in [6, 6.07) is 12.6. The first-order valence-corrected chi connectivity index (χ1v) is 8.18. The van der Waals surface area contributed by atoms with Gasteiger partial charge in [-0.1, -0.05) is 17.7 Å². The monoisotopic (exact) mass is 340 g/mol. The summed E-state index contributed by atoms with van der Waals surface area (Å²) >= 11 is 1.23. The minimum Gasteiger partial charge on any atom is -0.459 e. The molecule has 6 heteroatoms. The van der Waals surface area contributed by atoms with Crippen LogP contribution in [0.5, 0.6) is 0 Å². The van der Waals surface area contributed by atoms with Crippen molar-refractivity contribution in [3.8, 4) is 0 Å². The molecule has 0 bridgehead atoms. The smallest absolute Gasteiger partial charge is 0.291 e. The number of rotatable bonds is 4. The minimum absolute atomic E-state index is 0.195. The van der Waals surface area contributed by atoms with Crippen molar-refractivity contribution in [1.82, 2.24) is 0 Å². The fourth-order valence-corrected chi connectivity index (χ4v) is 3.14. The van der Waals surface area contributed by atoms with E-state index in [2.05, 4.69) is 10.6 Å². The average Bonchev–Trinajstić information content (AvgIpc) is 3.19. The molecule has 3 rings (SSSR count). The Morgan fingerprint density at radius 1 is 1.00 bits per heavy atom. The molecule has 0 saturated heterocycles. The molecule has 0 spiro atoms. The standard InChI is InChI=1S/C18H16N2O3S/c1-11-5-7-13(8-6-11)19-18(22)16-12(2)10-15(24-16)20-17(21)14-4-3-9-23-14/h3-10H,1-2H3,(H,19,22)(H,20,21). The van der Waals surface area contributed by atoms with Crippen molar-refractivity contribution in [2.45, 2.75) is 13.8 Å². The van der Waals surface area contributed by atoms with E-state index in [1.165, 1.54) is 17.6 Å². The zero-order valence-corrected chi connectivity index (χ0v) is 14.1. The molecule has 5 nitrogen and oxygen atoms in total. The van der Waals surface area contributed by atoms with Crippen LogP contribution in [-0.4, -0.2) is 11.8 Å². The molecular formula is C18H16N2O3S. The third-order valence-electron chi connectivity index (χ3n) is 3.42. The van der Waals surface area contributed by atoms with Crippen molar-refractivity contribution >= 4 is 33.8 Å². The fourth-order valence-electron chi connectivity index (χ4n) is 2.18. The number of anilines is 2. The molecule has 0 radical (unpaired) electrons. The van der Waals surface area contributed by atoms with Crippen LogP contribution in [-0.2, 0) is 0 Å². The number of carbonyl (C=O) groups excluding carboxylic acids is 2. The van der Waals surface area contributed by atoms with Gasteiger partial charge in [0.15, 0.2) is 5.76 Å². The van der Waals surface area contributed by atoms with Crippen LogP contribution in [0, 0.1) is 13.8 Å². The van der Waals surface area contributed by atoms with Gasteiger partial charge in [-0.3, -0.25) is 9.59 Å². The number of hydrogen-bond donors (Lipinski definition) is 2. The van der Waals surface area contributed by atoms with E-state index in [-0.39, 0.29) is 17.6 Å². The molecule has 1 aromatic carbocycles. The highest BCUT2D eigenvalue weighted by Gasteiger charge is 2.16. The Kier molecular flexibility index (Phi) is 4.48. The highest BCUT2D eigenvalue weighted by atomic mass is 32.1. The van der Waals surface area contributed by atoms with Gasteiger partial charge < -0.3 is 15.1 Å². The second-order valence-corrected chi connectivity index (χ2v) is 6.43. The van der Waals surface area contributed by atoms with Gasteiger partial charge >= 0.3 is 0 Å². The number of carbonyl (C=O) groups is 2. The molecule has 3 aromatic rings. The zero-order valence-electron chi connectivity index (χ0n) is 13.3. The van der Waals surface area contributed by atoms with Crippen LogP contribution in [0.15, 0.2) is 53.1 Å². The summed E-state index contributed by atoms with van der Waals surface area (Å²) in [5, 5.41) is 6.20. The second-order valence-electron chi connectivity index (χ2n) is 5.37. The first-order valence-electron chi connectivity index (χ1n) is 7.36. The normalized spacial score (nSPS) is 10.4. The van der Waals surface area contributed by atoms with Crippen molar-refractivity contribution in [3.05, 3.63) is 70.5 Å². The Morgan fingerprint density at radius 2 is 1.75 bits per heavy atom. The zero-order chi connectivity index (χ0) is 17.1. The first-order chi connectivity index (χ1) is 11.5. The lowest BCUT2D eigenvalue weighted by molar-refractivity contribution is 0.0995. The Morgan fingerprint density at radius 3 is 2.42 bits per heavy atom. The van der Waals surface area contributed by atoms with Crippen molar-refractivity contribution in [1.29, 1.82) is 0 Å². The summed E-state index contributed by atoms with van der Waals surface area (Å²) in [6.07, 6.45) is 1.44. The van der Waals surface area contributed by atoms with Gasteiger partial charge in [-0.2, -0.15) is 0 Å². The summed E-state index contributed by atoms with van der Waals surface area (Å²) in [5.41, 5.74) is 2.67. The van der Waals surface area contributed by atoms with Gasteiger partial charge in [0.25, 0.3) is 11.8 Å². The summed E-state index contributed by atoms with van der Waals surface area (Å²) in [6.45, 7) is 3.83. The van der Waals surface area contributed by atoms with E-state index in [4.69, 9.17) is 4.42 Å². The van der Waals surface area contributed by atoms with Gasteiger partial charge in [0, 0.05) is 5.69 Å². The molecule has 2 aromatic heterocycles. The lowest BCUT2D eigenvalue weighted by Gasteiger charge is -2.04. The van der Waals surface area contributed by atoms with Gasteiger partial charge in [0.1, 0.15) is 0 Å². The molecule has 122 valence electrons. The van der Waals surface area contributed by atoms with Crippen LogP contribution in [0.4, 0.5) is 10.7 Å². The van der Waals surface area contributed by atoms with Crippen molar-refractivity contribution in [3.63, 3.8) is 0 Å². The van der Waals surface area contributed by atoms with Gasteiger partial charge in [0.05, 0.1) is 16.1 Å². The number of nitrogens with one attached hydrogen (secondary N) is 2. The van der Waals surface area contributed by atoms with E-state index in [1.54, 1.807) is 18.2 Å². The highest BCUT2D eigenvalue weighted by Crippen LogP contribution is 2.28. The lowest BCUT2D eigenvalue weighted by atomic mass is 10.2. The SMILES string of the molecule is Cc1ccc(NC(=O)c2sc(NC(=O)c3ccco3)cc2C)cc1. The summed E-state index contributed by atoms with van der Waals surface area (Å²) in [7, 11) is 0. The molecule has 0 fully saturated rings. The molecule has 0 aliphatic rings. The van der Waals surface area contributed by atoms with Gasteiger partial charge in [-0.15, -0.1) is 11.3 Å². The molecule has 0 aliphatic carbocycles. The van der Waals surface area contributed by atoms with E-state index >= 15 is 0 Å². The Balaban J connectivity index is 1.72. The summed E-state index contributed by atoms with van der Waals surface area (Å²) < 4.78 is 5.05. The molecule has 0 unspecified atom stereocenters. The van der Waals surface area contributed by atoms with Crippen molar-refractivity contribution in [2.75, 3.05) is 10.6 Å². The summed E-state index contributed by atoms with van der Waals surface area (Å²) in [4.78, 5) is 25.0. The van der Waals surface area contributed by atoms with Crippen LogP contribution >= 0.6 is 11.3 Å². The maximum Gasteiger partial charge on any atom is 0.291 e. The highest BCUT2D eigenvalue weighted by molar-refractivity contribution is 7.18. The van der Waals surface area contributed by atoms with E-state index in [0.29, 0.717) is 9.88 Å². The second kappa shape index (κ2) is 6.72. The molecule has 2 N–H and O–H groups in total. The maximum atomic E-state index is 12.4. The molecule has 0 saturated carbocycles. The van der Waals surface area contributed by atoms with E-state index in [9.17, 15) is 9.59 Å². The van der Waals surface area contributed by atoms with Crippen LogP contribution in [0.1, 0.15) is 31.4 Å². The van der Waals surface area contributed by atoms with Crippen LogP contribution in [0.2, 0.25) is 0 Å². The Labute approximate surface area is 143 Å². The van der Waals surface area contributed by atoms with E-state index < -0.39 is 0 Å². The van der Waals surface area contributed by atoms with E-state index in [1.807, 2.05) is 38.1 Å². The molecule has 24 heavy (non-hydrogen) atoms. The van der Waals surface area contributed by atoms with Crippen LogP contribution in [0.3, 0.4) is 0 Å². The first kappa shape index (κ1) is 16.0. The number of thiophene rings is 1. The Hall–Kier alpha value is -2.86. The number of benzene rings is 1. The van der Waals surface area contributed by atoms with Gasteiger partial charge in [-0.05, 0) is 49.7 Å². The maximum absolute atomic E-state index is 12.4. The largest absolute Gasteiger partial charge is 0.459 e. The van der Waals surface area contributed by atoms with Crippen molar-refractivity contribution < 1.29 is 14.0 Å². The number of amides is 2. The van der Waals surface area contributed by atoms with Crippen molar-refractivity contribution in [2.24, 2.45) is 0 Å². The van der Waals surface area contributed by atoms with Crippen LogP contribution in [0.25, 0.3) is 0 Å². The fraction of sp³-hybridized carbons (Fsp3) is 0.111. The predicted molar refractivity (Wildman–Crippen MR) is 94.8 cm³/mol. The number of furan rings is 1. The average molecular weight is 340 g/mol.